The van der Waals surface area contributed by atoms with Gasteiger partial charge in [-0.3, -0.25) is 9.36 Å². The van der Waals surface area contributed by atoms with Crippen LogP contribution in [0.3, 0.4) is 0 Å². The molecule has 12 heteroatoms. The smallest absolute Gasteiger partial charge is 0.338 e. The molecule has 1 aromatic heterocycles. The average Bonchev–Trinajstić information content (AvgIpc) is 3.33. The van der Waals surface area contributed by atoms with Crippen LogP contribution in [-0.2, 0) is 16.1 Å². The molecule has 1 aliphatic heterocycles. The maximum absolute atomic E-state index is 14.0. The van der Waals surface area contributed by atoms with Gasteiger partial charge >= 0.3 is 11.9 Å². The lowest BCUT2D eigenvalue weighted by atomic mass is 9.95. The van der Waals surface area contributed by atoms with Gasteiger partial charge in [0.1, 0.15) is 6.61 Å². The van der Waals surface area contributed by atoms with E-state index in [0.29, 0.717) is 37.5 Å². The number of esters is 1. The van der Waals surface area contributed by atoms with Gasteiger partial charge in [-0.2, -0.15) is 0 Å². The van der Waals surface area contributed by atoms with E-state index in [0.717, 1.165) is 11.3 Å². The number of carbonyl (C=O) groups is 2. The summed E-state index contributed by atoms with van der Waals surface area (Å²) in [7, 11) is 5.35. The van der Waals surface area contributed by atoms with Gasteiger partial charge in [0.2, 0.25) is 0 Å². The molecule has 0 unspecified atom stereocenters. The fourth-order valence-corrected chi connectivity index (χ4v) is 6.45. The minimum absolute atomic E-state index is 0.0623. The molecule has 0 radical (unpaired) electrons. The normalized spacial score (nSPS) is 14.4. The third kappa shape index (κ3) is 6.56. The van der Waals surface area contributed by atoms with Crippen molar-refractivity contribution < 1.29 is 28.9 Å². The minimum atomic E-state index is -1.03. The Bertz CT molecular complexity index is 2030. The summed E-state index contributed by atoms with van der Waals surface area (Å²) in [5.41, 5.74) is 3.55. The van der Waals surface area contributed by atoms with Crippen molar-refractivity contribution >= 4 is 46.6 Å². The monoisotopic (exact) mass is 661 g/mol. The Hall–Kier alpha value is -4.87. The first-order chi connectivity index (χ1) is 22.0. The zero-order chi connectivity index (χ0) is 33.1. The molecule has 0 saturated heterocycles. The number of fused-ring (bicyclic) bond motifs is 1. The Morgan fingerprint density at radius 1 is 1.13 bits per heavy atom. The molecule has 1 atom stereocenters. The Labute approximate surface area is 274 Å². The summed E-state index contributed by atoms with van der Waals surface area (Å²) in [6.45, 7) is 3.72. The van der Waals surface area contributed by atoms with Gasteiger partial charge in [0.25, 0.3) is 5.56 Å². The highest BCUT2D eigenvalue weighted by atomic mass is 35.5. The van der Waals surface area contributed by atoms with Crippen molar-refractivity contribution in [2.24, 2.45) is 4.99 Å². The molecular formula is C34H32ClN3O7S. The molecule has 0 fully saturated rings. The topological polar surface area (TPSA) is 120 Å². The number of aromatic carboxylic acids is 1. The third-order valence-corrected chi connectivity index (χ3v) is 8.61. The molecule has 3 aromatic carbocycles. The first-order valence-electron chi connectivity index (χ1n) is 14.3. The summed E-state index contributed by atoms with van der Waals surface area (Å²) in [5, 5.41) is 9.52. The number of anilines is 1. The van der Waals surface area contributed by atoms with Crippen LogP contribution in [0.1, 0.15) is 46.9 Å². The van der Waals surface area contributed by atoms with Crippen molar-refractivity contribution in [2.75, 3.05) is 32.7 Å². The van der Waals surface area contributed by atoms with Crippen LogP contribution in [0.25, 0.3) is 6.08 Å². The van der Waals surface area contributed by atoms with Crippen LogP contribution in [0.2, 0.25) is 5.02 Å². The number of carboxylic acids is 1. The molecule has 0 amide bonds. The van der Waals surface area contributed by atoms with Crippen LogP contribution < -0.4 is 29.3 Å². The minimum Gasteiger partial charge on any atom is -0.493 e. The Balaban J connectivity index is 1.55. The van der Waals surface area contributed by atoms with Crippen LogP contribution in [0, 0.1) is 0 Å². The predicted octanol–water partition coefficient (Wildman–Crippen LogP) is 4.80. The van der Waals surface area contributed by atoms with E-state index in [4.69, 9.17) is 25.8 Å². The molecular weight excluding hydrogens is 630 g/mol. The molecule has 0 spiro atoms. The van der Waals surface area contributed by atoms with Crippen molar-refractivity contribution in [1.29, 1.82) is 0 Å². The molecule has 2 heterocycles. The van der Waals surface area contributed by atoms with E-state index >= 15 is 0 Å². The first kappa shape index (κ1) is 32.5. The maximum Gasteiger partial charge on any atom is 0.338 e. The van der Waals surface area contributed by atoms with Gasteiger partial charge in [0.05, 0.1) is 46.1 Å². The van der Waals surface area contributed by atoms with Gasteiger partial charge in [-0.05, 0) is 73.0 Å². The number of ether oxygens (including phenoxy) is 3. The zero-order valence-electron chi connectivity index (χ0n) is 25.9. The number of rotatable bonds is 10. The second-order valence-corrected chi connectivity index (χ2v) is 12.0. The molecule has 0 saturated carbocycles. The van der Waals surface area contributed by atoms with Crippen molar-refractivity contribution in [3.8, 4) is 11.5 Å². The number of carboxylic acid groups (broad SMARTS) is 1. The van der Waals surface area contributed by atoms with Gasteiger partial charge in [0.15, 0.2) is 16.3 Å². The molecule has 4 aromatic rings. The number of hydrogen-bond donors (Lipinski definition) is 1. The highest BCUT2D eigenvalue weighted by Gasteiger charge is 2.33. The second-order valence-electron chi connectivity index (χ2n) is 10.6. The number of aromatic nitrogens is 1. The van der Waals surface area contributed by atoms with Crippen LogP contribution in [-0.4, -0.2) is 49.4 Å². The van der Waals surface area contributed by atoms with Crippen molar-refractivity contribution in [2.45, 2.75) is 26.5 Å². The predicted molar refractivity (Wildman–Crippen MR) is 177 cm³/mol. The van der Waals surface area contributed by atoms with E-state index in [2.05, 4.69) is 4.99 Å². The van der Waals surface area contributed by atoms with E-state index in [1.807, 2.05) is 43.3 Å². The van der Waals surface area contributed by atoms with E-state index in [1.165, 1.54) is 35.1 Å². The number of thiazole rings is 1. The third-order valence-electron chi connectivity index (χ3n) is 7.35. The van der Waals surface area contributed by atoms with Crippen molar-refractivity contribution in [3.63, 3.8) is 0 Å². The standard InChI is InChI=1S/C34H32ClN3O7S/c1-6-44-33(42)28-19(2)36-34-38(29(28)22-10-12-24(13-11-22)37(3)4)31(39)27(46-34)17-21-15-25(35)30(26(16-21)43-5)45-18-20-8-7-9-23(14-20)32(40)41/h7-17,29H,6,18H2,1-5H3,(H,40,41)/b27-17+/t29-/m1/s1. The van der Waals surface area contributed by atoms with Gasteiger partial charge in [-0.15, -0.1) is 0 Å². The fourth-order valence-electron chi connectivity index (χ4n) is 5.13. The summed E-state index contributed by atoms with van der Waals surface area (Å²) >= 11 is 7.83. The lowest BCUT2D eigenvalue weighted by Gasteiger charge is -2.25. The Morgan fingerprint density at radius 3 is 2.52 bits per heavy atom. The Kier molecular flexibility index (Phi) is 9.64. The summed E-state index contributed by atoms with van der Waals surface area (Å²) in [6.07, 6.45) is 1.69. The van der Waals surface area contributed by atoms with Crippen LogP contribution >= 0.6 is 22.9 Å². The van der Waals surface area contributed by atoms with E-state index in [-0.39, 0.29) is 35.1 Å². The van der Waals surface area contributed by atoms with Gasteiger partial charge in [0, 0.05) is 19.8 Å². The fraction of sp³-hybridized carbons (Fsp3) is 0.235. The summed E-state index contributed by atoms with van der Waals surface area (Å²) < 4.78 is 18.8. The molecule has 238 valence electrons. The summed E-state index contributed by atoms with van der Waals surface area (Å²) in [5.74, 6) is -0.950. The quantitative estimate of drug-likeness (QED) is 0.241. The highest BCUT2D eigenvalue weighted by Crippen LogP contribution is 2.37. The molecule has 10 nitrogen and oxygen atoms in total. The van der Waals surface area contributed by atoms with Crippen molar-refractivity contribution in [1.82, 2.24) is 4.57 Å². The SMILES string of the molecule is CCOC(=O)C1=C(C)N=c2s/c(=C/c3cc(Cl)c(OCc4cccc(C(=O)O)c4)c(OC)c3)c(=O)n2[C@@H]1c1ccc(N(C)C)cc1. The lowest BCUT2D eigenvalue weighted by Crippen LogP contribution is -2.39. The highest BCUT2D eigenvalue weighted by molar-refractivity contribution is 7.07. The van der Waals surface area contributed by atoms with Crippen LogP contribution in [0.15, 0.2) is 81.7 Å². The molecule has 0 aliphatic carbocycles. The van der Waals surface area contributed by atoms with Crippen LogP contribution in [0.4, 0.5) is 5.69 Å². The number of carbonyl (C=O) groups excluding carboxylic acids is 1. The number of halogens is 1. The zero-order valence-corrected chi connectivity index (χ0v) is 27.4. The molecule has 46 heavy (non-hydrogen) atoms. The second kappa shape index (κ2) is 13.6. The average molecular weight is 662 g/mol. The van der Waals surface area contributed by atoms with E-state index in [9.17, 15) is 19.5 Å². The molecule has 1 N–H and O–H groups in total. The summed E-state index contributed by atoms with van der Waals surface area (Å²) in [4.78, 5) is 45.6. The maximum atomic E-state index is 14.0. The molecule has 5 rings (SSSR count). The molecule has 0 bridgehead atoms. The number of allylic oxidation sites excluding steroid dienone is 1. The number of hydrogen-bond acceptors (Lipinski definition) is 9. The number of nitrogens with zero attached hydrogens (tertiary/aromatic N) is 3. The lowest BCUT2D eigenvalue weighted by molar-refractivity contribution is -0.139. The largest absolute Gasteiger partial charge is 0.493 e. The number of methoxy groups -OCH3 is 1. The summed E-state index contributed by atoms with van der Waals surface area (Å²) in [6, 6.07) is 16.7. The van der Waals surface area contributed by atoms with E-state index < -0.39 is 18.0 Å². The van der Waals surface area contributed by atoms with Gasteiger partial charge < -0.3 is 24.2 Å². The Morgan fingerprint density at radius 2 is 1.87 bits per heavy atom. The number of benzene rings is 3. The van der Waals surface area contributed by atoms with Crippen LogP contribution in [0.5, 0.6) is 11.5 Å². The van der Waals surface area contributed by atoms with Crippen molar-refractivity contribution in [3.05, 3.63) is 119 Å². The first-order valence-corrected chi connectivity index (χ1v) is 15.5. The molecule has 1 aliphatic rings. The van der Waals surface area contributed by atoms with E-state index in [1.54, 1.807) is 44.2 Å². The van der Waals surface area contributed by atoms with Gasteiger partial charge in [-0.1, -0.05) is 47.2 Å². The van der Waals surface area contributed by atoms with Gasteiger partial charge in [-0.25, -0.2) is 14.6 Å².